The maximum Gasteiger partial charge on any atom is 0.303 e. The van der Waals surface area contributed by atoms with E-state index in [4.69, 9.17) is 14.6 Å². The largest absolute Gasteiger partial charge is 0.483 e. The van der Waals surface area contributed by atoms with Gasteiger partial charge in [-0.3, -0.25) is 34.2 Å². The molecule has 2 atom stereocenters. The van der Waals surface area contributed by atoms with Crippen LogP contribution in [-0.4, -0.2) is 77.1 Å². The number of carbonyl (C=O) groups is 5. The van der Waals surface area contributed by atoms with Gasteiger partial charge in [-0.05, 0) is 31.4 Å². The molecule has 35 heavy (non-hydrogen) atoms. The first-order chi connectivity index (χ1) is 16.8. The van der Waals surface area contributed by atoms with Crippen molar-refractivity contribution in [2.75, 3.05) is 26.4 Å². The molecule has 0 spiro atoms. The smallest absolute Gasteiger partial charge is 0.303 e. The summed E-state index contributed by atoms with van der Waals surface area (Å²) in [5.41, 5.74) is 0.332. The molecular weight excluding hydrogens is 462 g/mol. The third kappa shape index (κ3) is 6.76. The minimum Gasteiger partial charge on any atom is -0.483 e. The lowest BCUT2D eigenvalue weighted by atomic mass is 10.0. The van der Waals surface area contributed by atoms with Crippen LogP contribution >= 0.6 is 0 Å². The third-order valence-electron chi connectivity index (χ3n) is 5.71. The van der Waals surface area contributed by atoms with Crippen LogP contribution in [0.3, 0.4) is 0 Å². The lowest BCUT2D eigenvalue weighted by molar-refractivity contribution is -0.140. The van der Waals surface area contributed by atoms with Gasteiger partial charge in [-0.2, -0.15) is 0 Å². The Hall–Kier alpha value is -3.51. The first-order valence-corrected chi connectivity index (χ1v) is 11.5. The van der Waals surface area contributed by atoms with Crippen molar-refractivity contribution in [3.63, 3.8) is 0 Å². The van der Waals surface area contributed by atoms with E-state index < -0.39 is 41.9 Å². The number of hydrogen-bond donors (Lipinski definition) is 4. The molecule has 0 bridgehead atoms. The van der Waals surface area contributed by atoms with E-state index in [-0.39, 0.29) is 49.3 Å². The number of nitrogens with one attached hydrogen (secondary N) is 2. The predicted molar refractivity (Wildman–Crippen MR) is 119 cm³/mol. The Labute approximate surface area is 201 Å². The minimum absolute atomic E-state index is 0.0568. The zero-order chi connectivity index (χ0) is 25.4. The van der Waals surface area contributed by atoms with Crippen molar-refractivity contribution in [1.29, 1.82) is 0 Å². The van der Waals surface area contributed by atoms with Crippen molar-refractivity contribution in [1.82, 2.24) is 15.5 Å². The summed E-state index contributed by atoms with van der Waals surface area (Å²) in [6, 6.07) is 3.58. The molecule has 0 aromatic heterocycles. The highest BCUT2D eigenvalue weighted by molar-refractivity contribution is 6.06. The number of ether oxygens (including phenoxy) is 2. The molecule has 190 valence electrons. The Morgan fingerprint density at radius 1 is 1.14 bits per heavy atom. The van der Waals surface area contributed by atoms with Crippen LogP contribution in [0.5, 0.6) is 5.75 Å². The van der Waals surface area contributed by atoms with Crippen LogP contribution in [0.4, 0.5) is 0 Å². The van der Waals surface area contributed by atoms with Gasteiger partial charge in [0.15, 0.2) is 12.8 Å². The summed E-state index contributed by atoms with van der Waals surface area (Å²) < 4.78 is 10.9. The van der Waals surface area contributed by atoms with Crippen LogP contribution in [0.15, 0.2) is 18.2 Å². The summed E-state index contributed by atoms with van der Waals surface area (Å²) >= 11 is 0. The van der Waals surface area contributed by atoms with E-state index in [9.17, 15) is 29.1 Å². The Morgan fingerprint density at radius 3 is 2.69 bits per heavy atom. The number of carboxylic acids is 1. The summed E-state index contributed by atoms with van der Waals surface area (Å²) in [5.74, 6) is -2.73. The van der Waals surface area contributed by atoms with Gasteiger partial charge in [0.25, 0.3) is 11.8 Å². The van der Waals surface area contributed by atoms with Crippen LogP contribution < -0.4 is 15.4 Å². The molecule has 12 nitrogen and oxygen atoms in total. The minimum atomic E-state index is -1.45. The molecular formula is C23H29N3O9. The number of hydrogen-bond acceptors (Lipinski definition) is 8. The second-order valence-corrected chi connectivity index (χ2v) is 8.23. The SMILES string of the molecule is O=C(O)CCCCCOCCNC(=O)COc1cccc2c1C(O)N(C1CCC(=O)NC1=O)C2=O. The van der Waals surface area contributed by atoms with Gasteiger partial charge >= 0.3 is 5.97 Å². The topological polar surface area (TPSA) is 172 Å². The number of piperidine rings is 1. The van der Waals surface area contributed by atoms with Crippen LogP contribution in [0.2, 0.25) is 0 Å². The summed E-state index contributed by atoms with van der Waals surface area (Å²) in [7, 11) is 0. The molecule has 2 unspecified atom stereocenters. The Balaban J connectivity index is 1.45. The highest BCUT2D eigenvalue weighted by atomic mass is 16.5. The quantitative estimate of drug-likeness (QED) is 0.220. The lowest BCUT2D eigenvalue weighted by Crippen LogP contribution is -2.53. The average Bonchev–Trinajstić information content (AvgIpc) is 3.07. The molecule has 1 aromatic rings. The van der Waals surface area contributed by atoms with Gasteiger partial charge < -0.3 is 25.0 Å². The van der Waals surface area contributed by atoms with Crippen molar-refractivity contribution in [2.24, 2.45) is 0 Å². The second kappa shape index (κ2) is 12.3. The van der Waals surface area contributed by atoms with E-state index in [0.29, 0.717) is 19.6 Å². The number of nitrogens with zero attached hydrogens (tertiary/aromatic N) is 1. The number of amides is 4. The number of rotatable bonds is 13. The zero-order valence-corrected chi connectivity index (χ0v) is 19.2. The predicted octanol–water partition coefficient (Wildman–Crippen LogP) is 0.0951. The van der Waals surface area contributed by atoms with Crippen molar-refractivity contribution >= 4 is 29.6 Å². The molecule has 12 heteroatoms. The standard InChI is InChI=1S/C23H29N3O9/c27-17-9-8-15(21(31)25-17)26-22(32)14-5-4-6-16(20(14)23(26)33)35-13-18(28)24-10-12-34-11-3-1-2-7-19(29)30/h4-6,15,23,33H,1-3,7-13H2,(H,24,28)(H,29,30)(H,25,27,31). The average molecular weight is 491 g/mol. The maximum atomic E-state index is 12.9. The maximum absolute atomic E-state index is 12.9. The molecule has 0 radical (unpaired) electrons. The fourth-order valence-corrected chi connectivity index (χ4v) is 3.99. The highest BCUT2D eigenvalue weighted by Gasteiger charge is 2.45. The van der Waals surface area contributed by atoms with Crippen LogP contribution in [0.25, 0.3) is 0 Å². The summed E-state index contributed by atoms with van der Waals surface area (Å²) in [4.78, 5) is 60.1. The van der Waals surface area contributed by atoms with E-state index >= 15 is 0 Å². The Kier molecular flexibility index (Phi) is 9.15. The van der Waals surface area contributed by atoms with E-state index in [2.05, 4.69) is 10.6 Å². The van der Waals surface area contributed by atoms with E-state index in [1.807, 2.05) is 0 Å². The molecule has 1 saturated heterocycles. The Morgan fingerprint density at radius 2 is 1.94 bits per heavy atom. The van der Waals surface area contributed by atoms with Crippen molar-refractivity contribution < 1.29 is 43.7 Å². The van der Waals surface area contributed by atoms with Crippen molar-refractivity contribution in [2.45, 2.75) is 50.8 Å². The first kappa shape index (κ1) is 26.1. The fraction of sp³-hybridized carbons (Fsp3) is 0.522. The van der Waals surface area contributed by atoms with Crippen molar-refractivity contribution in [3.05, 3.63) is 29.3 Å². The molecule has 1 aromatic carbocycles. The number of benzene rings is 1. The van der Waals surface area contributed by atoms with E-state index in [0.717, 1.165) is 17.7 Å². The first-order valence-electron chi connectivity index (χ1n) is 11.5. The van der Waals surface area contributed by atoms with E-state index in [1.165, 1.54) is 12.1 Å². The number of imide groups is 1. The van der Waals surface area contributed by atoms with Crippen molar-refractivity contribution in [3.8, 4) is 5.75 Å². The number of carbonyl (C=O) groups excluding carboxylic acids is 4. The van der Waals surface area contributed by atoms with Gasteiger partial charge in [0.05, 0.1) is 17.7 Å². The number of aliphatic hydroxyl groups excluding tert-OH is 1. The summed E-state index contributed by atoms with van der Waals surface area (Å²) in [6.07, 6.45) is 0.932. The van der Waals surface area contributed by atoms with Gasteiger partial charge in [0.2, 0.25) is 11.8 Å². The summed E-state index contributed by atoms with van der Waals surface area (Å²) in [5, 5.41) is 24.2. The monoisotopic (exact) mass is 491 g/mol. The highest BCUT2D eigenvalue weighted by Crippen LogP contribution is 2.40. The number of unbranched alkanes of at least 4 members (excludes halogenated alkanes) is 2. The molecule has 2 aliphatic rings. The van der Waals surface area contributed by atoms with Gasteiger partial charge in [-0.25, -0.2) is 0 Å². The third-order valence-corrected chi connectivity index (χ3v) is 5.71. The molecule has 2 aliphatic heterocycles. The normalized spacial score (nSPS) is 19.3. The number of aliphatic hydroxyl groups is 1. The number of aliphatic carboxylic acids is 1. The second-order valence-electron chi connectivity index (χ2n) is 8.23. The molecule has 0 saturated carbocycles. The molecule has 4 amide bonds. The lowest BCUT2D eigenvalue weighted by Gasteiger charge is -2.32. The molecule has 1 fully saturated rings. The number of fused-ring (bicyclic) bond motifs is 1. The number of carboxylic acid groups (broad SMARTS) is 1. The Bertz CT molecular complexity index is 981. The van der Waals surface area contributed by atoms with Gasteiger partial charge in [-0.1, -0.05) is 12.5 Å². The van der Waals surface area contributed by atoms with Gasteiger partial charge in [-0.15, -0.1) is 0 Å². The van der Waals surface area contributed by atoms with E-state index in [1.54, 1.807) is 6.07 Å². The van der Waals surface area contributed by atoms with Crippen LogP contribution in [-0.2, 0) is 23.9 Å². The molecule has 0 aliphatic carbocycles. The van der Waals surface area contributed by atoms with Gasteiger partial charge in [0.1, 0.15) is 11.8 Å². The van der Waals surface area contributed by atoms with Crippen LogP contribution in [0, 0.1) is 0 Å². The van der Waals surface area contributed by atoms with Crippen LogP contribution in [0.1, 0.15) is 60.7 Å². The molecule has 3 rings (SSSR count). The van der Waals surface area contributed by atoms with Gasteiger partial charge in [0, 0.05) is 26.0 Å². The molecule has 4 N–H and O–H groups in total. The summed E-state index contributed by atoms with van der Waals surface area (Å²) in [6.45, 7) is 0.664. The zero-order valence-electron chi connectivity index (χ0n) is 19.2. The fourth-order valence-electron chi connectivity index (χ4n) is 3.99. The molecule has 2 heterocycles.